The quantitative estimate of drug-likeness (QED) is 0.683. The van der Waals surface area contributed by atoms with Gasteiger partial charge >= 0.3 is 5.97 Å². The summed E-state index contributed by atoms with van der Waals surface area (Å²) in [5.41, 5.74) is -0.745. The van der Waals surface area contributed by atoms with Crippen molar-refractivity contribution in [1.82, 2.24) is 0 Å². The van der Waals surface area contributed by atoms with Gasteiger partial charge in [0.15, 0.2) is 0 Å². The summed E-state index contributed by atoms with van der Waals surface area (Å²) < 4.78 is 18.5. The fraction of sp³-hybridized carbons (Fsp3) is 0. The Morgan fingerprint density at radius 1 is 1.29 bits per heavy atom. The number of aromatic carboxylic acids is 1. The molecule has 0 aliphatic rings. The molecule has 2 aromatic carbocycles. The zero-order valence-corrected chi connectivity index (χ0v) is 11.0. The van der Waals surface area contributed by atoms with Crippen molar-refractivity contribution in [2.45, 2.75) is 0 Å². The van der Waals surface area contributed by atoms with Gasteiger partial charge in [-0.1, -0.05) is 11.6 Å². The first-order chi connectivity index (χ1) is 9.86. The van der Waals surface area contributed by atoms with E-state index < -0.39 is 22.4 Å². The van der Waals surface area contributed by atoms with Gasteiger partial charge in [-0.25, -0.2) is 9.18 Å². The van der Waals surface area contributed by atoms with Crippen molar-refractivity contribution >= 4 is 23.3 Å². The third kappa shape index (κ3) is 3.46. The highest BCUT2D eigenvalue weighted by Crippen LogP contribution is 2.30. The molecule has 0 bridgehead atoms. The summed E-state index contributed by atoms with van der Waals surface area (Å²) in [6.45, 7) is 0. The number of benzene rings is 2. The van der Waals surface area contributed by atoms with E-state index in [4.69, 9.17) is 21.4 Å². The van der Waals surface area contributed by atoms with E-state index in [1.165, 1.54) is 12.1 Å². The minimum atomic E-state index is -1.29. The monoisotopic (exact) mass is 311 g/mol. The van der Waals surface area contributed by atoms with Gasteiger partial charge in [0, 0.05) is 11.1 Å². The van der Waals surface area contributed by atoms with E-state index in [1.807, 2.05) is 0 Å². The number of hydrogen-bond acceptors (Lipinski definition) is 4. The minimum absolute atomic E-state index is 0.105. The molecular weight excluding hydrogens is 305 g/mol. The molecule has 0 heterocycles. The first-order valence-electron chi connectivity index (χ1n) is 5.52. The standard InChI is InChI=1S/C13H7ClFNO5/c14-7-1-2-12(11(3-7)13(17)18)21-10-5-8(15)4-9(6-10)16(19)20/h1-6H,(H,17,18). The van der Waals surface area contributed by atoms with Gasteiger partial charge in [-0.3, -0.25) is 10.1 Å². The van der Waals surface area contributed by atoms with Crippen LogP contribution in [0.4, 0.5) is 10.1 Å². The lowest BCUT2D eigenvalue weighted by Gasteiger charge is -2.09. The van der Waals surface area contributed by atoms with Crippen LogP contribution in [-0.4, -0.2) is 16.0 Å². The van der Waals surface area contributed by atoms with Gasteiger partial charge in [-0.15, -0.1) is 0 Å². The Morgan fingerprint density at radius 2 is 2.00 bits per heavy atom. The third-order valence-electron chi connectivity index (χ3n) is 2.47. The van der Waals surface area contributed by atoms with Crippen molar-refractivity contribution < 1.29 is 24.0 Å². The van der Waals surface area contributed by atoms with Gasteiger partial charge < -0.3 is 9.84 Å². The Morgan fingerprint density at radius 3 is 2.62 bits per heavy atom. The number of nitro benzene ring substituents is 1. The minimum Gasteiger partial charge on any atom is -0.478 e. The summed E-state index contributed by atoms with van der Waals surface area (Å²) in [7, 11) is 0. The van der Waals surface area contributed by atoms with Gasteiger partial charge in [0.1, 0.15) is 22.9 Å². The number of carboxylic acid groups (broad SMARTS) is 1. The molecule has 21 heavy (non-hydrogen) atoms. The van der Waals surface area contributed by atoms with Gasteiger partial charge in [-0.2, -0.15) is 0 Å². The van der Waals surface area contributed by atoms with E-state index in [1.54, 1.807) is 0 Å². The van der Waals surface area contributed by atoms with Crippen LogP contribution in [0.15, 0.2) is 36.4 Å². The summed E-state index contributed by atoms with van der Waals surface area (Å²) in [4.78, 5) is 21.0. The number of hydrogen-bond donors (Lipinski definition) is 1. The maximum atomic E-state index is 13.3. The van der Waals surface area contributed by atoms with Crippen LogP contribution < -0.4 is 4.74 Å². The Bertz CT molecular complexity index is 734. The molecule has 0 fully saturated rings. The number of non-ortho nitro benzene ring substituents is 1. The summed E-state index contributed by atoms with van der Waals surface area (Å²) in [6, 6.07) is 6.45. The van der Waals surface area contributed by atoms with Crippen molar-refractivity contribution in [1.29, 1.82) is 0 Å². The highest BCUT2D eigenvalue weighted by atomic mass is 35.5. The normalized spacial score (nSPS) is 10.2. The topological polar surface area (TPSA) is 89.7 Å². The van der Waals surface area contributed by atoms with Crippen molar-refractivity contribution in [3.8, 4) is 11.5 Å². The molecule has 0 amide bonds. The molecule has 0 aliphatic heterocycles. The average Bonchev–Trinajstić information content (AvgIpc) is 2.40. The molecule has 0 radical (unpaired) electrons. The zero-order chi connectivity index (χ0) is 15.6. The predicted molar refractivity (Wildman–Crippen MR) is 71.5 cm³/mol. The Balaban J connectivity index is 2.43. The fourth-order valence-electron chi connectivity index (χ4n) is 1.60. The van der Waals surface area contributed by atoms with Crippen LogP contribution in [0.25, 0.3) is 0 Å². The second kappa shape index (κ2) is 5.76. The lowest BCUT2D eigenvalue weighted by atomic mass is 10.2. The largest absolute Gasteiger partial charge is 0.478 e. The van der Waals surface area contributed by atoms with E-state index in [9.17, 15) is 19.3 Å². The molecule has 108 valence electrons. The van der Waals surface area contributed by atoms with Crippen LogP contribution in [0, 0.1) is 15.9 Å². The molecule has 0 aromatic heterocycles. The lowest BCUT2D eigenvalue weighted by Crippen LogP contribution is -2.00. The number of nitrogens with zero attached hydrogens (tertiary/aromatic N) is 1. The van der Waals surface area contributed by atoms with Crippen LogP contribution in [0.2, 0.25) is 5.02 Å². The Kier molecular flexibility index (Phi) is 4.04. The highest BCUT2D eigenvalue weighted by molar-refractivity contribution is 6.31. The molecule has 0 spiro atoms. The van der Waals surface area contributed by atoms with Crippen LogP contribution in [0.1, 0.15) is 10.4 Å². The van der Waals surface area contributed by atoms with E-state index in [-0.39, 0.29) is 22.1 Å². The van der Waals surface area contributed by atoms with E-state index in [0.717, 1.165) is 24.3 Å². The lowest BCUT2D eigenvalue weighted by molar-refractivity contribution is -0.385. The smallest absolute Gasteiger partial charge is 0.339 e. The molecule has 8 heteroatoms. The maximum Gasteiger partial charge on any atom is 0.339 e. The van der Waals surface area contributed by atoms with Gasteiger partial charge in [0.05, 0.1) is 17.1 Å². The molecule has 6 nitrogen and oxygen atoms in total. The summed E-state index contributed by atoms with van der Waals surface area (Å²) in [6.07, 6.45) is 0. The number of carboxylic acids is 1. The molecule has 0 aliphatic carbocycles. The van der Waals surface area contributed by atoms with Crippen molar-refractivity contribution in [3.63, 3.8) is 0 Å². The molecule has 0 saturated heterocycles. The van der Waals surface area contributed by atoms with Crippen LogP contribution >= 0.6 is 11.6 Å². The van der Waals surface area contributed by atoms with Gasteiger partial charge in [-0.05, 0) is 18.2 Å². The molecule has 0 unspecified atom stereocenters. The molecule has 0 saturated carbocycles. The number of ether oxygens (including phenoxy) is 1. The third-order valence-corrected chi connectivity index (χ3v) is 2.70. The first-order valence-corrected chi connectivity index (χ1v) is 5.90. The van der Waals surface area contributed by atoms with E-state index >= 15 is 0 Å². The Labute approximate surface area is 122 Å². The number of nitro groups is 1. The van der Waals surface area contributed by atoms with Crippen molar-refractivity contribution in [2.75, 3.05) is 0 Å². The summed E-state index contributed by atoms with van der Waals surface area (Å²) in [5.74, 6) is -2.46. The second-order valence-corrected chi connectivity index (χ2v) is 4.39. The zero-order valence-electron chi connectivity index (χ0n) is 10.2. The number of rotatable bonds is 4. The van der Waals surface area contributed by atoms with Crippen LogP contribution in [0.5, 0.6) is 11.5 Å². The van der Waals surface area contributed by atoms with Gasteiger partial charge in [0.25, 0.3) is 5.69 Å². The van der Waals surface area contributed by atoms with Crippen LogP contribution in [-0.2, 0) is 0 Å². The average molecular weight is 312 g/mol. The van der Waals surface area contributed by atoms with Crippen molar-refractivity contribution in [3.05, 3.63) is 62.9 Å². The number of carbonyl (C=O) groups is 1. The van der Waals surface area contributed by atoms with E-state index in [0.29, 0.717) is 0 Å². The molecule has 0 atom stereocenters. The maximum absolute atomic E-state index is 13.3. The molecule has 2 aromatic rings. The predicted octanol–water partition coefficient (Wildman–Crippen LogP) is 3.88. The molecule has 2 rings (SSSR count). The van der Waals surface area contributed by atoms with E-state index in [2.05, 4.69) is 0 Å². The Hall–Kier alpha value is -2.67. The SMILES string of the molecule is O=C(O)c1cc(Cl)ccc1Oc1cc(F)cc([N+](=O)[O-])c1. The van der Waals surface area contributed by atoms with Crippen molar-refractivity contribution in [2.24, 2.45) is 0 Å². The molecular formula is C13H7ClFNO5. The van der Waals surface area contributed by atoms with Crippen LogP contribution in [0.3, 0.4) is 0 Å². The first kappa shape index (κ1) is 14.7. The fourth-order valence-corrected chi connectivity index (χ4v) is 1.77. The summed E-state index contributed by atoms with van der Waals surface area (Å²) in [5, 5.41) is 19.9. The van der Waals surface area contributed by atoms with Gasteiger partial charge in [0.2, 0.25) is 0 Å². The number of halogens is 2. The summed E-state index contributed by atoms with van der Waals surface area (Å²) >= 11 is 5.69. The molecule has 1 N–H and O–H groups in total. The second-order valence-electron chi connectivity index (χ2n) is 3.95. The highest BCUT2D eigenvalue weighted by Gasteiger charge is 2.15.